The van der Waals surface area contributed by atoms with Gasteiger partial charge in [0.05, 0.1) is 13.7 Å². The highest BCUT2D eigenvalue weighted by molar-refractivity contribution is 7.99. The highest BCUT2D eigenvalue weighted by atomic mass is 32.2. The van der Waals surface area contributed by atoms with Crippen LogP contribution in [-0.4, -0.2) is 24.9 Å². The molecule has 0 amide bonds. The molecular formula is C23H34O3S. The van der Waals surface area contributed by atoms with Crippen LogP contribution in [0.15, 0.2) is 49.1 Å². The van der Waals surface area contributed by atoms with Crippen LogP contribution >= 0.6 is 11.8 Å². The Kier molecular flexibility index (Phi) is 13.3. The Morgan fingerprint density at radius 3 is 2.52 bits per heavy atom. The standard InChI is InChI=1S/C23H34O3S/c1-4-6-7-8-9-10-11-12-22(17-18-23(24)26-5-2)27-19-20-13-15-21(25-3)16-14-20/h4,13-18,22H,1,5-12,19H2,2-3H3/b18-17+/t22-/m1/s1. The van der Waals surface area contributed by atoms with Gasteiger partial charge in [-0.25, -0.2) is 4.79 Å². The van der Waals surface area contributed by atoms with Crippen LogP contribution in [0.25, 0.3) is 0 Å². The normalized spacial score (nSPS) is 12.1. The molecule has 1 aromatic carbocycles. The van der Waals surface area contributed by atoms with E-state index in [0.29, 0.717) is 11.9 Å². The summed E-state index contributed by atoms with van der Waals surface area (Å²) in [5.41, 5.74) is 1.26. The maximum atomic E-state index is 11.6. The van der Waals surface area contributed by atoms with Gasteiger partial charge in [0.25, 0.3) is 0 Å². The van der Waals surface area contributed by atoms with Crippen molar-refractivity contribution in [2.45, 2.75) is 62.9 Å². The van der Waals surface area contributed by atoms with Gasteiger partial charge in [0.2, 0.25) is 0 Å². The molecule has 0 aromatic heterocycles. The summed E-state index contributed by atoms with van der Waals surface area (Å²) in [5.74, 6) is 1.54. The summed E-state index contributed by atoms with van der Waals surface area (Å²) in [5, 5.41) is 0.324. The van der Waals surface area contributed by atoms with Crippen molar-refractivity contribution >= 4 is 17.7 Å². The first-order valence-corrected chi connectivity index (χ1v) is 10.9. The number of esters is 1. The SMILES string of the molecule is C=CCCCCCCC[C@H](/C=C/C(=O)OCC)SCc1ccc(OC)cc1. The molecule has 3 nitrogen and oxygen atoms in total. The van der Waals surface area contributed by atoms with E-state index in [9.17, 15) is 4.79 Å². The number of thioether (sulfide) groups is 1. The van der Waals surface area contributed by atoms with E-state index in [1.54, 1.807) is 13.2 Å². The number of unbranched alkanes of at least 4 members (excludes halogenated alkanes) is 5. The third kappa shape index (κ3) is 11.6. The first-order valence-electron chi connectivity index (χ1n) is 9.90. The highest BCUT2D eigenvalue weighted by Crippen LogP contribution is 2.25. The van der Waals surface area contributed by atoms with Crippen molar-refractivity contribution in [3.8, 4) is 5.75 Å². The van der Waals surface area contributed by atoms with Crippen LogP contribution < -0.4 is 4.74 Å². The number of carbonyl (C=O) groups excluding carboxylic acids is 1. The quantitative estimate of drug-likeness (QED) is 0.152. The van der Waals surface area contributed by atoms with E-state index in [4.69, 9.17) is 9.47 Å². The molecule has 4 heteroatoms. The molecule has 0 unspecified atom stereocenters. The zero-order chi connectivity index (χ0) is 19.7. The van der Waals surface area contributed by atoms with Crippen LogP contribution in [0.4, 0.5) is 0 Å². The van der Waals surface area contributed by atoms with E-state index >= 15 is 0 Å². The van der Waals surface area contributed by atoms with E-state index in [1.165, 1.54) is 37.7 Å². The van der Waals surface area contributed by atoms with E-state index in [-0.39, 0.29) is 5.97 Å². The van der Waals surface area contributed by atoms with Crippen LogP contribution in [0.5, 0.6) is 5.75 Å². The third-order valence-electron chi connectivity index (χ3n) is 4.25. The zero-order valence-electron chi connectivity index (χ0n) is 16.8. The molecule has 1 atom stereocenters. The molecule has 1 rings (SSSR count). The highest BCUT2D eigenvalue weighted by Gasteiger charge is 2.08. The van der Waals surface area contributed by atoms with Crippen molar-refractivity contribution in [1.82, 2.24) is 0 Å². The largest absolute Gasteiger partial charge is 0.497 e. The monoisotopic (exact) mass is 390 g/mol. The molecule has 1 aromatic rings. The Bertz CT molecular complexity index is 551. The Balaban J connectivity index is 2.45. The smallest absolute Gasteiger partial charge is 0.330 e. The molecule has 0 aliphatic carbocycles. The third-order valence-corrected chi connectivity index (χ3v) is 5.57. The second kappa shape index (κ2) is 15.4. The van der Waals surface area contributed by atoms with Crippen molar-refractivity contribution in [3.05, 3.63) is 54.6 Å². The molecule has 0 aliphatic rings. The van der Waals surface area contributed by atoms with Crippen LogP contribution in [0.3, 0.4) is 0 Å². The molecule has 0 aliphatic heterocycles. The molecule has 0 heterocycles. The van der Waals surface area contributed by atoms with Gasteiger partial charge in [-0.2, -0.15) is 0 Å². The molecule has 0 bridgehead atoms. The van der Waals surface area contributed by atoms with Gasteiger partial charge in [-0.3, -0.25) is 0 Å². The average Bonchev–Trinajstić information content (AvgIpc) is 2.69. The summed E-state index contributed by atoms with van der Waals surface area (Å²) in [6.07, 6.45) is 14.0. The van der Waals surface area contributed by atoms with Gasteiger partial charge in [-0.15, -0.1) is 18.3 Å². The summed E-state index contributed by atoms with van der Waals surface area (Å²) in [6.45, 7) is 6.01. The number of ether oxygens (including phenoxy) is 2. The Labute approximate surface area is 169 Å². The Hall–Kier alpha value is -1.68. The lowest BCUT2D eigenvalue weighted by Gasteiger charge is -2.13. The number of hydrogen-bond donors (Lipinski definition) is 0. The lowest BCUT2D eigenvalue weighted by molar-refractivity contribution is -0.137. The van der Waals surface area contributed by atoms with Crippen molar-refractivity contribution in [2.24, 2.45) is 0 Å². The van der Waals surface area contributed by atoms with Crippen LogP contribution in [0.1, 0.15) is 57.4 Å². The van der Waals surface area contributed by atoms with Crippen molar-refractivity contribution in [1.29, 1.82) is 0 Å². The first kappa shape index (κ1) is 23.4. The maximum absolute atomic E-state index is 11.6. The van der Waals surface area contributed by atoms with Gasteiger partial charge >= 0.3 is 5.97 Å². The Morgan fingerprint density at radius 2 is 1.85 bits per heavy atom. The summed E-state index contributed by atoms with van der Waals surface area (Å²) in [4.78, 5) is 11.6. The van der Waals surface area contributed by atoms with Gasteiger partial charge in [0.1, 0.15) is 5.75 Å². The topological polar surface area (TPSA) is 35.5 Å². The second-order valence-corrected chi connectivity index (χ2v) is 7.67. The second-order valence-electron chi connectivity index (χ2n) is 6.44. The summed E-state index contributed by atoms with van der Waals surface area (Å²) in [7, 11) is 1.68. The molecule has 0 radical (unpaired) electrons. The maximum Gasteiger partial charge on any atom is 0.330 e. The zero-order valence-corrected chi connectivity index (χ0v) is 17.6. The fraction of sp³-hybridized carbons (Fsp3) is 0.522. The minimum Gasteiger partial charge on any atom is -0.497 e. The molecular weight excluding hydrogens is 356 g/mol. The summed E-state index contributed by atoms with van der Waals surface area (Å²) >= 11 is 1.87. The lowest BCUT2D eigenvalue weighted by atomic mass is 10.1. The van der Waals surface area contributed by atoms with Crippen molar-refractivity contribution in [3.63, 3.8) is 0 Å². The average molecular weight is 391 g/mol. The number of rotatable bonds is 15. The van der Waals surface area contributed by atoms with Gasteiger partial charge in [0, 0.05) is 17.1 Å². The van der Waals surface area contributed by atoms with Gasteiger partial charge in [0.15, 0.2) is 0 Å². The number of hydrogen-bond acceptors (Lipinski definition) is 4. The molecule has 27 heavy (non-hydrogen) atoms. The van der Waals surface area contributed by atoms with Crippen LogP contribution in [0.2, 0.25) is 0 Å². The van der Waals surface area contributed by atoms with Crippen LogP contribution in [-0.2, 0) is 15.3 Å². The van der Waals surface area contributed by atoms with Gasteiger partial charge in [-0.05, 0) is 43.9 Å². The van der Waals surface area contributed by atoms with E-state index < -0.39 is 0 Å². The molecule has 0 spiro atoms. The number of benzene rings is 1. The van der Waals surface area contributed by atoms with Crippen molar-refractivity contribution < 1.29 is 14.3 Å². The van der Waals surface area contributed by atoms with E-state index in [0.717, 1.165) is 24.3 Å². The van der Waals surface area contributed by atoms with Crippen LogP contribution in [0, 0.1) is 0 Å². The number of methoxy groups -OCH3 is 1. The molecule has 0 fully saturated rings. The minimum atomic E-state index is -0.253. The first-order chi connectivity index (χ1) is 13.2. The van der Waals surface area contributed by atoms with Gasteiger partial charge < -0.3 is 9.47 Å². The fourth-order valence-electron chi connectivity index (χ4n) is 2.70. The fourth-order valence-corrected chi connectivity index (χ4v) is 3.82. The molecule has 0 saturated heterocycles. The molecule has 0 N–H and O–H groups in total. The Morgan fingerprint density at radius 1 is 1.15 bits per heavy atom. The minimum absolute atomic E-state index is 0.253. The number of allylic oxidation sites excluding steroid dienone is 1. The molecule has 0 saturated carbocycles. The summed E-state index contributed by atoms with van der Waals surface area (Å²) in [6, 6.07) is 8.17. The predicted molar refractivity (Wildman–Crippen MR) is 116 cm³/mol. The van der Waals surface area contributed by atoms with Gasteiger partial charge in [-0.1, -0.05) is 50.0 Å². The molecule has 150 valence electrons. The predicted octanol–water partition coefficient (Wildman–Crippen LogP) is 6.33. The van der Waals surface area contributed by atoms with E-state index in [2.05, 4.69) is 18.7 Å². The number of carbonyl (C=O) groups is 1. The van der Waals surface area contributed by atoms with E-state index in [1.807, 2.05) is 43.0 Å². The summed E-state index contributed by atoms with van der Waals surface area (Å²) < 4.78 is 10.2. The lowest BCUT2D eigenvalue weighted by Crippen LogP contribution is -2.04. The van der Waals surface area contributed by atoms with Crippen molar-refractivity contribution in [2.75, 3.05) is 13.7 Å².